The SMILES string of the molecule is O=C(c1ccc([N+](=O)[O-])cc1[N+](=O)[O-])N1N=C(c2ccco2)CC1c1cccc(Cl)c1. The van der Waals surface area contributed by atoms with Gasteiger partial charge in [-0.3, -0.25) is 25.0 Å². The van der Waals surface area contributed by atoms with Crippen LogP contribution in [0, 0.1) is 20.2 Å². The molecule has 2 aromatic carbocycles. The number of hydrazone groups is 1. The molecule has 1 unspecified atom stereocenters. The molecular formula is C20H13ClN4O6. The third-order valence-corrected chi connectivity index (χ3v) is 5.01. The van der Waals surface area contributed by atoms with Crippen molar-refractivity contribution in [2.45, 2.75) is 12.5 Å². The number of amides is 1. The van der Waals surface area contributed by atoms with Crippen molar-refractivity contribution in [1.29, 1.82) is 0 Å². The van der Waals surface area contributed by atoms with Gasteiger partial charge < -0.3 is 4.42 Å². The number of rotatable bonds is 5. The van der Waals surface area contributed by atoms with E-state index in [-0.39, 0.29) is 5.56 Å². The molecule has 1 aliphatic rings. The van der Waals surface area contributed by atoms with Crippen molar-refractivity contribution in [3.05, 3.63) is 103 Å². The lowest BCUT2D eigenvalue weighted by Gasteiger charge is -2.22. The maximum absolute atomic E-state index is 13.3. The second-order valence-electron chi connectivity index (χ2n) is 6.66. The molecule has 3 aromatic rings. The topological polar surface area (TPSA) is 132 Å². The van der Waals surface area contributed by atoms with Crippen molar-refractivity contribution < 1.29 is 19.1 Å². The van der Waals surface area contributed by atoms with E-state index in [1.54, 1.807) is 36.4 Å². The van der Waals surface area contributed by atoms with Gasteiger partial charge in [0.2, 0.25) is 0 Å². The lowest BCUT2D eigenvalue weighted by Crippen LogP contribution is -2.27. The maximum Gasteiger partial charge on any atom is 0.289 e. The van der Waals surface area contributed by atoms with Crippen LogP contribution in [0.1, 0.15) is 34.1 Å². The molecule has 0 bridgehead atoms. The molecule has 2 heterocycles. The second kappa shape index (κ2) is 8.00. The van der Waals surface area contributed by atoms with E-state index in [1.165, 1.54) is 6.26 Å². The lowest BCUT2D eigenvalue weighted by atomic mass is 10.00. The van der Waals surface area contributed by atoms with Crippen LogP contribution < -0.4 is 0 Å². The number of hydrogen-bond acceptors (Lipinski definition) is 7. The molecule has 11 heteroatoms. The molecule has 0 fully saturated rings. The van der Waals surface area contributed by atoms with E-state index in [1.807, 2.05) is 0 Å². The van der Waals surface area contributed by atoms with Crippen LogP contribution in [0.2, 0.25) is 5.02 Å². The third-order valence-electron chi connectivity index (χ3n) is 4.78. The van der Waals surface area contributed by atoms with Gasteiger partial charge in [-0.2, -0.15) is 5.10 Å². The van der Waals surface area contributed by atoms with Gasteiger partial charge in [-0.15, -0.1) is 0 Å². The fourth-order valence-electron chi connectivity index (χ4n) is 3.35. The molecule has 31 heavy (non-hydrogen) atoms. The van der Waals surface area contributed by atoms with Gasteiger partial charge in [0.25, 0.3) is 17.3 Å². The van der Waals surface area contributed by atoms with Crippen molar-refractivity contribution in [3.63, 3.8) is 0 Å². The van der Waals surface area contributed by atoms with Crippen LogP contribution in [0.25, 0.3) is 0 Å². The normalized spacial score (nSPS) is 15.6. The Bertz CT molecular complexity index is 1220. The first kappa shape index (κ1) is 20.2. The van der Waals surface area contributed by atoms with Gasteiger partial charge >= 0.3 is 0 Å². The molecular weight excluding hydrogens is 428 g/mol. The van der Waals surface area contributed by atoms with Crippen LogP contribution >= 0.6 is 11.6 Å². The number of carbonyl (C=O) groups is 1. The zero-order valence-corrected chi connectivity index (χ0v) is 16.4. The van der Waals surface area contributed by atoms with Crippen LogP contribution in [-0.4, -0.2) is 26.5 Å². The van der Waals surface area contributed by atoms with Gasteiger partial charge in [0, 0.05) is 17.5 Å². The Balaban J connectivity index is 1.79. The fourth-order valence-corrected chi connectivity index (χ4v) is 3.55. The van der Waals surface area contributed by atoms with E-state index in [0.29, 0.717) is 28.5 Å². The second-order valence-corrected chi connectivity index (χ2v) is 7.10. The van der Waals surface area contributed by atoms with Crippen molar-refractivity contribution in [2.24, 2.45) is 5.10 Å². The Labute approximate surface area is 179 Å². The van der Waals surface area contributed by atoms with Gasteiger partial charge in [-0.1, -0.05) is 23.7 Å². The summed E-state index contributed by atoms with van der Waals surface area (Å²) < 4.78 is 5.39. The monoisotopic (exact) mass is 440 g/mol. The molecule has 156 valence electrons. The Hall–Kier alpha value is -4.05. The molecule has 0 aliphatic carbocycles. The summed E-state index contributed by atoms with van der Waals surface area (Å²) in [5.74, 6) is -0.311. The Morgan fingerprint density at radius 1 is 1.10 bits per heavy atom. The van der Waals surface area contributed by atoms with Gasteiger partial charge in [0.15, 0.2) is 0 Å². The molecule has 1 atom stereocenters. The van der Waals surface area contributed by atoms with E-state index in [2.05, 4.69) is 5.10 Å². The number of nitro groups is 2. The predicted molar refractivity (Wildman–Crippen MR) is 110 cm³/mol. The highest BCUT2D eigenvalue weighted by Crippen LogP contribution is 2.36. The summed E-state index contributed by atoms with van der Waals surface area (Å²) in [6.45, 7) is 0. The average molecular weight is 441 g/mol. The molecule has 0 N–H and O–H groups in total. The number of non-ortho nitro benzene ring substituents is 1. The maximum atomic E-state index is 13.3. The Morgan fingerprint density at radius 3 is 2.55 bits per heavy atom. The molecule has 0 saturated heterocycles. The summed E-state index contributed by atoms with van der Waals surface area (Å²) in [5, 5.41) is 28.4. The standard InChI is InChI=1S/C20H13ClN4O6/c21-13-4-1-3-12(9-13)17-11-16(19-5-2-8-31-19)22-23(17)20(26)15-7-6-14(24(27)28)10-18(15)25(29)30/h1-10,17H,11H2. The van der Waals surface area contributed by atoms with Crippen LogP contribution in [0.4, 0.5) is 11.4 Å². The van der Waals surface area contributed by atoms with Crippen LogP contribution in [-0.2, 0) is 0 Å². The number of nitrogens with zero attached hydrogens (tertiary/aromatic N) is 4. The van der Waals surface area contributed by atoms with Crippen LogP contribution in [0.15, 0.2) is 70.4 Å². The zero-order valence-electron chi connectivity index (χ0n) is 15.7. The molecule has 0 saturated carbocycles. The molecule has 0 spiro atoms. The van der Waals surface area contributed by atoms with Gasteiger partial charge in [-0.25, -0.2) is 5.01 Å². The largest absolute Gasteiger partial charge is 0.463 e. The minimum atomic E-state index is -0.831. The fraction of sp³-hybridized carbons (Fsp3) is 0.100. The summed E-state index contributed by atoms with van der Waals surface area (Å²) in [7, 11) is 0. The minimum absolute atomic E-state index is 0.292. The van der Waals surface area contributed by atoms with Gasteiger partial charge in [0.1, 0.15) is 17.0 Å². The van der Waals surface area contributed by atoms with Crippen LogP contribution in [0.5, 0.6) is 0 Å². The van der Waals surface area contributed by atoms with Crippen molar-refractivity contribution in [2.75, 3.05) is 0 Å². The first-order chi connectivity index (χ1) is 14.8. The van der Waals surface area contributed by atoms with E-state index in [9.17, 15) is 25.0 Å². The molecule has 10 nitrogen and oxygen atoms in total. The van der Waals surface area contributed by atoms with E-state index in [0.717, 1.165) is 23.2 Å². The number of benzene rings is 2. The van der Waals surface area contributed by atoms with Gasteiger partial charge in [0.05, 0.1) is 28.2 Å². The summed E-state index contributed by atoms with van der Waals surface area (Å²) in [6.07, 6.45) is 1.76. The highest BCUT2D eigenvalue weighted by molar-refractivity contribution is 6.30. The van der Waals surface area contributed by atoms with E-state index >= 15 is 0 Å². The predicted octanol–water partition coefficient (Wildman–Crippen LogP) is 4.74. The summed E-state index contributed by atoms with van der Waals surface area (Å²) in [5.41, 5.74) is -0.322. The first-order valence-electron chi connectivity index (χ1n) is 8.98. The quantitative estimate of drug-likeness (QED) is 0.415. The zero-order chi connectivity index (χ0) is 22.1. The first-order valence-corrected chi connectivity index (χ1v) is 9.36. The molecule has 1 amide bonds. The molecule has 4 rings (SSSR count). The number of hydrogen-bond donors (Lipinski definition) is 0. The Morgan fingerprint density at radius 2 is 1.90 bits per heavy atom. The highest BCUT2D eigenvalue weighted by Gasteiger charge is 2.37. The average Bonchev–Trinajstić information content (AvgIpc) is 3.42. The summed E-state index contributed by atoms with van der Waals surface area (Å²) in [6, 6.07) is 12.5. The van der Waals surface area contributed by atoms with E-state index < -0.39 is 33.2 Å². The van der Waals surface area contributed by atoms with Gasteiger partial charge in [-0.05, 0) is 35.9 Å². The molecule has 1 aromatic heterocycles. The lowest BCUT2D eigenvalue weighted by molar-refractivity contribution is -0.394. The number of halogens is 1. The molecule has 0 radical (unpaired) electrons. The smallest absolute Gasteiger partial charge is 0.289 e. The highest BCUT2D eigenvalue weighted by atomic mass is 35.5. The van der Waals surface area contributed by atoms with Crippen LogP contribution in [0.3, 0.4) is 0 Å². The van der Waals surface area contributed by atoms with Crippen molar-refractivity contribution in [3.8, 4) is 0 Å². The molecule has 1 aliphatic heterocycles. The number of furan rings is 1. The van der Waals surface area contributed by atoms with Crippen molar-refractivity contribution in [1.82, 2.24) is 5.01 Å². The number of nitro benzene ring substituents is 2. The third kappa shape index (κ3) is 3.88. The summed E-state index contributed by atoms with van der Waals surface area (Å²) >= 11 is 6.10. The minimum Gasteiger partial charge on any atom is -0.463 e. The summed E-state index contributed by atoms with van der Waals surface area (Å²) in [4.78, 5) is 34.2. The Kier molecular flexibility index (Phi) is 5.22. The number of carbonyl (C=O) groups excluding carboxylic acids is 1. The van der Waals surface area contributed by atoms with E-state index in [4.69, 9.17) is 16.0 Å². The van der Waals surface area contributed by atoms with Crippen molar-refractivity contribution >= 4 is 34.6 Å².